The quantitative estimate of drug-likeness (QED) is 0.701. The molecule has 0 aromatic carbocycles. The third-order valence-corrected chi connectivity index (χ3v) is 3.13. The van der Waals surface area contributed by atoms with Gasteiger partial charge in [-0.1, -0.05) is 13.8 Å². The van der Waals surface area contributed by atoms with E-state index in [1.54, 1.807) is 0 Å². The number of rotatable bonds is 4. The summed E-state index contributed by atoms with van der Waals surface area (Å²) in [7, 11) is 0. The van der Waals surface area contributed by atoms with Crippen LogP contribution in [0.4, 0.5) is 0 Å². The van der Waals surface area contributed by atoms with Gasteiger partial charge in [-0.05, 0) is 24.8 Å². The predicted molar refractivity (Wildman–Crippen MR) is 55.0 cm³/mol. The topological polar surface area (TPSA) is 40.5 Å². The van der Waals surface area contributed by atoms with E-state index in [0.717, 1.165) is 26.1 Å². The van der Waals surface area contributed by atoms with E-state index in [4.69, 9.17) is 4.55 Å². The molecule has 1 aliphatic heterocycles. The summed E-state index contributed by atoms with van der Waals surface area (Å²) >= 11 is -1.61. The third kappa shape index (κ3) is 4.20. The molecule has 1 rings (SSSR count). The Balaban J connectivity index is 2.24. The summed E-state index contributed by atoms with van der Waals surface area (Å²) in [5.41, 5.74) is 0. The van der Waals surface area contributed by atoms with Gasteiger partial charge in [0.05, 0.1) is 5.75 Å². The lowest BCUT2D eigenvalue weighted by atomic mass is 10.1. The monoisotopic (exact) mass is 205 g/mol. The first-order valence-electron chi connectivity index (χ1n) is 4.87. The van der Waals surface area contributed by atoms with E-state index in [1.807, 2.05) is 0 Å². The Labute approximate surface area is 82.8 Å². The van der Waals surface area contributed by atoms with E-state index in [0.29, 0.717) is 17.6 Å². The fourth-order valence-corrected chi connectivity index (χ4v) is 2.61. The first kappa shape index (κ1) is 11.1. The van der Waals surface area contributed by atoms with Crippen molar-refractivity contribution in [2.45, 2.75) is 20.3 Å². The average Bonchev–Trinajstić information content (AvgIpc) is 2.33. The normalized spacial score (nSPS) is 26.9. The van der Waals surface area contributed by atoms with Crippen LogP contribution >= 0.6 is 0 Å². The van der Waals surface area contributed by atoms with Crippen LogP contribution in [0.15, 0.2) is 0 Å². The van der Waals surface area contributed by atoms with E-state index in [2.05, 4.69) is 18.7 Å². The highest BCUT2D eigenvalue weighted by Crippen LogP contribution is 2.17. The minimum Gasteiger partial charge on any atom is -0.306 e. The molecule has 1 saturated heterocycles. The standard InChI is InChI=1S/C9H19NO2S/c1-8(2)5-10-4-3-9(6-10)7-13(11)12/h8-9H,3-7H2,1-2H3,(H,11,12). The number of hydrogen-bond donors (Lipinski definition) is 1. The van der Waals surface area contributed by atoms with Crippen LogP contribution in [0.1, 0.15) is 20.3 Å². The summed E-state index contributed by atoms with van der Waals surface area (Å²) in [6.45, 7) is 7.63. The molecule has 13 heavy (non-hydrogen) atoms. The molecular formula is C9H19NO2S. The molecule has 0 aromatic rings. The highest BCUT2D eigenvalue weighted by Gasteiger charge is 2.23. The van der Waals surface area contributed by atoms with Crippen molar-refractivity contribution in [3.63, 3.8) is 0 Å². The van der Waals surface area contributed by atoms with Gasteiger partial charge in [-0.2, -0.15) is 0 Å². The molecule has 1 aliphatic rings. The minimum absolute atomic E-state index is 0.435. The number of hydrogen-bond acceptors (Lipinski definition) is 2. The molecule has 0 saturated carbocycles. The Hall–Kier alpha value is 0.0700. The summed E-state index contributed by atoms with van der Waals surface area (Å²) in [4.78, 5) is 2.39. The maximum absolute atomic E-state index is 10.6. The SMILES string of the molecule is CC(C)CN1CCC(CS(=O)O)C1. The second kappa shape index (κ2) is 5.08. The predicted octanol–water partition coefficient (Wildman–Crippen LogP) is 1.19. The van der Waals surface area contributed by atoms with Crippen molar-refractivity contribution in [2.24, 2.45) is 11.8 Å². The molecule has 3 nitrogen and oxygen atoms in total. The Morgan fingerprint density at radius 3 is 2.85 bits per heavy atom. The fraction of sp³-hybridized carbons (Fsp3) is 1.00. The highest BCUT2D eigenvalue weighted by molar-refractivity contribution is 7.79. The van der Waals surface area contributed by atoms with Crippen molar-refractivity contribution < 1.29 is 8.76 Å². The third-order valence-electron chi connectivity index (χ3n) is 2.37. The summed E-state index contributed by atoms with van der Waals surface area (Å²) in [5, 5.41) is 0. The van der Waals surface area contributed by atoms with E-state index >= 15 is 0 Å². The molecule has 78 valence electrons. The van der Waals surface area contributed by atoms with Crippen LogP contribution in [-0.2, 0) is 11.1 Å². The van der Waals surface area contributed by atoms with Crippen LogP contribution in [0, 0.1) is 11.8 Å². The summed E-state index contributed by atoms with van der Waals surface area (Å²) in [5.74, 6) is 1.58. The molecular weight excluding hydrogens is 186 g/mol. The molecule has 0 aliphatic carbocycles. The number of nitrogens with zero attached hydrogens (tertiary/aromatic N) is 1. The first-order valence-corrected chi connectivity index (χ1v) is 6.15. The molecule has 0 bridgehead atoms. The lowest BCUT2D eigenvalue weighted by molar-refractivity contribution is 0.290. The van der Waals surface area contributed by atoms with Gasteiger partial charge in [-0.25, -0.2) is 4.21 Å². The Morgan fingerprint density at radius 1 is 1.62 bits per heavy atom. The molecule has 0 amide bonds. The zero-order valence-corrected chi connectivity index (χ0v) is 9.22. The van der Waals surface area contributed by atoms with Gasteiger partial charge in [-0.3, -0.25) is 0 Å². The second-order valence-electron chi connectivity index (χ2n) is 4.30. The van der Waals surface area contributed by atoms with Gasteiger partial charge >= 0.3 is 0 Å². The fourth-order valence-electron chi connectivity index (χ4n) is 1.93. The molecule has 0 aromatic heterocycles. The van der Waals surface area contributed by atoms with Gasteiger partial charge in [-0.15, -0.1) is 0 Å². The lowest BCUT2D eigenvalue weighted by Gasteiger charge is -2.17. The van der Waals surface area contributed by atoms with Crippen molar-refractivity contribution in [1.29, 1.82) is 0 Å². The van der Waals surface area contributed by atoms with E-state index in [-0.39, 0.29) is 0 Å². The van der Waals surface area contributed by atoms with Crippen molar-refractivity contribution in [3.05, 3.63) is 0 Å². The van der Waals surface area contributed by atoms with Crippen LogP contribution in [-0.4, -0.2) is 39.0 Å². The lowest BCUT2D eigenvalue weighted by Crippen LogP contribution is -2.26. The van der Waals surface area contributed by atoms with Crippen molar-refractivity contribution in [1.82, 2.24) is 4.90 Å². The van der Waals surface area contributed by atoms with Crippen LogP contribution in [0.5, 0.6) is 0 Å². The van der Waals surface area contributed by atoms with Crippen molar-refractivity contribution >= 4 is 11.1 Å². The van der Waals surface area contributed by atoms with E-state index in [9.17, 15) is 4.21 Å². The maximum Gasteiger partial charge on any atom is 0.153 e. The molecule has 2 unspecified atom stereocenters. The van der Waals surface area contributed by atoms with Crippen LogP contribution in [0.3, 0.4) is 0 Å². The van der Waals surface area contributed by atoms with Gasteiger partial charge in [0.1, 0.15) is 0 Å². The summed E-state index contributed by atoms with van der Waals surface area (Å²) in [6.07, 6.45) is 1.08. The zero-order valence-electron chi connectivity index (χ0n) is 8.40. The molecule has 0 radical (unpaired) electrons. The molecule has 4 heteroatoms. The van der Waals surface area contributed by atoms with Crippen LogP contribution < -0.4 is 0 Å². The second-order valence-corrected chi connectivity index (χ2v) is 5.27. The zero-order chi connectivity index (χ0) is 9.84. The Kier molecular flexibility index (Phi) is 4.35. The Morgan fingerprint density at radius 2 is 2.31 bits per heavy atom. The van der Waals surface area contributed by atoms with Crippen LogP contribution in [0.2, 0.25) is 0 Å². The Bertz CT molecular complexity index is 184. The van der Waals surface area contributed by atoms with E-state index in [1.165, 1.54) is 0 Å². The molecule has 1 heterocycles. The van der Waals surface area contributed by atoms with Gasteiger partial charge < -0.3 is 9.45 Å². The van der Waals surface area contributed by atoms with Gasteiger partial charge in [0.2, 0.25) is 0 Å². The molecule has 1 N–H and O–H groups in total. The number of likely N-dealkylation sites (tertiary alicyclic amines) is 1. The van der Waals surface area contributed by atoms with Gasteiger partial charge in [0, 0.05) is 13.1 Å². The smallest absolute Gasteiger partial charge is 0.153 e. The maximum atomic E-state index is 10.6. The molecule has 2 atom stereocenters. The van der Waals surface area contributed by atoms with Gasteiger partial charge in [0.15, 0.2) is 11.1 Å². The van der Waals surface area contributed by atoms with Crippen LogP contribution in [0.25, 0.3) is 0 Å². The van der Waals surface area contributed by atoms with Crippen molar-refractivity contribution in [3.8, 4) is 0 Å². The summed E-state index contributed by atoms with van der Waals surface area (Å²) < 4.78 is 19.3. The molecule has 0 spiro atoms. The largest absolute Gasteiger partial charge is 0.306 e. The molecule has 1 fully saturated rings. The minimum atomic E-state index is -1.61. The average molecular weight is 205 g/mol. The van der Waals surface area contributed by atoms with E-state index < -0.39 is 11.1 Å². The highest BCUT2D eigenvalue weighted by atomic mass is 32.2. The first-order chi connectivity index (χ1) is 6.08. The van der Waals surface area contributed by atoms with Crippen molar-refractivity contribution in [2.75, 3.05) is 25.4 Å². The van der Waals surface area contributed by atoms with Gasteiger partial charge in [0.25, 0.3) is 0 Å². The summed E-state index contributed by atoms with van der Waals surface area (Å²) in [6, 6.07) is 0.